The van der Waals surface area contributed by atoms with Crippen LogP contribution in [0.3, 0.4) is 0 Å². The molecule has 0 atom stereocenters. The fourth-order valence-corrected chi connectivity index (χ4v) is 2.42. The van der Waals surface area contributed by atoms with E-state index in [1.54, 1.807) is 30.3 Å². The predicted molar refractivity (Wildman–Crippen MR) is 96.7 cm³/mol. The van der Waals surface area contributed by atoms with Gasteiger partial charge in [0.2, 0.25) is 11.8 Å². The van der Waals surface area contributed by atoms with Gasteiger partial charge in [-0.1, -0.05) is 19.1 Å². The molecule has 0 spiro atoms. The van der Waals surface area contributed by atoms with Crippen molar-refractivity contribution in [2.45, 2.75) is 20.4 Å². The van der Waals surface area contributed by atoms with Crippen LogP contribution in [0.2, 0.25) is 0 Å². The highest BCUT2D eigenvalue weighted by Gasteiger charge is 2.10. The highest BCUT2D eigenvalue weighted by atomic mass is 19.1. The van der Waals surface area contributed by atoms with Gasteiger partial charge in [-0.25, -0.2) is 4.39 Å². The van der Waals surface area contributed by atoms with Gasteiger partial charge in [0.1, 0.15) is 5.82 Å². The van der Waals surface area contributed by atoms with E-state index in [1.165, 1.54) is 19.1 Å². The topological polar surface area (TPSA) is 61.4 Å². The van der Waals surface area contributed by atoms with Crippen molar-refractivity contribution in [1.82, 2.24) is 4.90 Å². The fraction of sp³-hybridized carbons (Fsp3) is 0.263. The van der Waals surface area contributed by atoms with Crippen LogP contribution in [0.4, 0.5) is 15.8 Å². The van der Waals surface area contributed by atoms with E-state index in [2.05, 4.69) is 10.6 Å². The van der Waals surface area contributed by atoms with Crippen LogP contribution in [-0.2, 0) is 16.1 Å². The molecule has 0 unspecified atom stereocenters. The number of hydrogen-bond donors (Lipinski definition) is 2. The van der Waals surface area contributed by atoms with E-state index in [4.69, 9.17) is 0 Å². The molecule has 2 amide bonds. The van der Waals surface area contributed by atoms with Crippen molar-refractivity contribution < 1.29 is 14.0 Å². The molecule has 0 heterocycles. The number of nitrogens with one attached hydrogen (secondary N) is 2. The number of halogens is 1. The maximum Gasteiger partial charge on any atom is 0.238 e. The third kappa shape index (κ3) is 6.35. The third-order valence-corrected chi connectivity index (χ3v) is 3.60. The summed E-state index contributed by atoms with van der Waals surface area (Å²) in [4.78, 5) is 25.1. The second kappa shape index (κ2) is 8.94. The molecule has 5 nitrogen and oxygen atoms in total. The quantitative estimate of drug-likeness (QED) is 0.811. The van der Waals surface area contributed by atoms with E-state index in [-0.39, 0.29) is 24.2 Å². The highest BCUT2D eigenvalue weighted by molar-refractivity contribution is 5.93. The SMILES string of the molecule is CCN(CC(=O)Nc1ccc(NC(C)=O)cc1)Cc1cccc(F)c1. The van der Waals surface area contributed by atoms with Crippen LogP contribution in [0, 0.1) is 5.82 Å². The van der Waals surface area contributed by atoms with Crippen molar-refractivity contribution in [3.63, 3.8) is 0 Å². The Morgan fingerprint density at radius 3 is 2.24 bits per heavy atom. The molecule has 0 aliphatic heterocycles. The molecule has 6 heteroatoms. The number of likely N-dealkylation sites (N-methyl/N-ethyl adjacent to an activating group) is 1. The summed E-state index contributed by atoms with van der Waals surface area (Å²) in [5.41, 5.74) is 2.15. The standard InChI is InChI=1S/C19H22FN3O2/c1-3-23(12-15-5-4-6-16(20)11-15)13-19(25)22-18-9-7-17(8-10-18)21-14(2)24/h4-11H,3,12-13H2,1-2H3,(H,21,24)(H,22,25). The van der Waals surface area contributed by atoms with Crippen molar-refractivity contribution >= 4 is 23.2 Å². The lowest BCUT2D eigenvalue weighted by molar-refractivity contribution is -0.117. The number of carbonyl (C=O) groups excluding carboxylic acids is 2. The Kier molecular flexibility index (Phi) is 6.65. The van der Waals surface area contributed by atoms with E-state index >= 15 is 0 Å². The molecule has 0 radical (unpaired) electrons. The van der Waals surface area contributed by atoms with Gasteiger partial charge in [-0.2, -0.15) is 0 Å². The minimum atomic E-state index is -0.280. The van der Waals surface area contributed by atoms with E-state index in [1.807, 2.05) is 17.9 Å². The van der Waals surface area contributed by atoms with Crippen molar-refractivity contribution in [2.24, 2.45) is 0 Å². The zero-order valence-corrected chi connectivity index (χ0v) is 14.4. The molecular weight excluding hydrogens is 321 g/mol. The van der Waals surface area contributed by atoms with Crippen LogP contribution in [0.25, 0.3) is 0 Å². The molecule has 0 saturated carbocycles. The van der Waals surface area contributed by atoms with Gasteiger partial charge in [-0.3, -0.25) is 14.5 Å². The third-order valence-electron chi connectivity index (χ3n) is 3.60. The van der Waals surface area contributed by atoms with Crippen LogP contribution in [0.5, 0.6) is 0 Å². The molecule has 0 fully saturated rings. The highest BCUT2D eigenvalue weighted by Crippen LogP contribution is 2.14. The Labute approximate surface area is 146 Å². The van der Waals surface area contributed by atoms with Gasteiger partial charge in [0.15, 0.2) is 0 Å². The van der Waals surface area contributed by atoms with Crippen molar-refractivity contribution in [1.29, 1.82) is 0 Å². The summed E-state index contributed by atoms with van der Waals surface area (Å²) in [5.74, 6) is -0.574. The average Bonchev–Trinajstić information content (AvgIpc) is 2.55. The van der Waals surface area contributed by atoms with Gasteiger partial charge in [-0.05, 0) is 48.5 Å². The van der Waals surface area contributed by atoms with Crippen LogP contribution < -0.4 is 10.6 Å². The normalized spacial score (nSPS) is 10.6. The van der Waals surface area contributed by atoms with Crippen molar-refractivity contribution in [2.75, 3.05) is 23.7 Å². The zero-order valence-electron chi connectivity index (χ0n) is 14.4. The summed E-state index contributed by atoms with van der Waals surface area (Å²) in [6.07, 6.45) is 0. The summed E-state index contributed by atoms with van der Waals surface area (Å²) in [5, 5.41) is 5.49. The number of anilines is 2. The fourth-order valence-electron chi connectivity index (χ4n) is 2.42. The van der Waals surface area contributed by atoms with Gasteiger partial charge in [0.05, 0.1) is 6.54 Å². The molecule has 0 saturated heterocycles. The van der Waals surface area contributed by atoms with E-state index in [9.17, 15) is 14.0 Å². The lowest BCUT2D eigenvalue weighted by atomic mass is 10.2. The predicted octanol–water partition coefficient (Wildman–Crippen LogP) is 3.24. The number of benzene rings is 2. The Balaban J connectivity index is 1.90. The maximum atomic E-state index is 13.3. The molecule has 132 valence electrons. The second-order valence-corrected chi connectivity index (χ2v) is 5.74. The van der Waals surface area contributed by atoms with Crippen molar-refractivity contribution in [3.8, 4) is 0 Å². The summed E-state index contributed by atoms with van der Waals surface area (Å²) in [6.45, 7) is 4.78. The summed E-state index contributed by atoms with van der Waals surface area (Å²) >= 11 is 0. The first-order valence-corrected chi connectivity index (χ1v) is 8.10. The van der Waals surface area contributed by atoms with E-state index in [0.717, 1.165) is 5.56 Å². The Morgan fingerprint density at radius 1 is 1.04 bits per heavy atom. The van der Waals surface area contributed by atoms with Crippen LogP contribution >= 0.6 is 0 Å². The monoisotopic (exact) mass is 343 g/mol. The molecule has 2 N–H and O–H groups in total. The van der Waals surface area contributed by atoms with Gasteiger partial charge < -0.3 is 10.6 Å². The summed E-state index contributed by atoms with van der Waals surface area (Å²) < 4.78 is 13.3. The van der Waals surface area contributed by atoms with E-state index in [0.29, 0.717) is 24.5 Å². The summed E-state index contributed by atoms with van der Waals surface area (Å²) in [6, 6.07) is 13.3. The molecule has 2 aromatic rings. The second-order valence-electron chi connectivity index (χ2n) is 5.74. The van der Waals surface area contributed by atoms with Gasteiger partial charge in [0, 0.05) is 24.8 Å². The molecule has 0 aliphatic carbocycles. The van der Waals surface area contributed by atoms with Gasteiger partial charge in [-0.15, -0.1) is 0 Å². The van der Waals surface area contributed by atoms with Crippen LogP contribution in [-0.4, -0.2) is 29.8 Å². The number of amides is 2. The van der Waals surface area contributed by atoms with Gasteiger partial charge in [0.25, 0.3) is 0 Å². The molecule has 0 bridgehead atoms. The first-order valence-electron chi connectivity index (χ1n) is 8.10. The Bertz CT molecular complexity index is 732. The molecule has 0 aliphatic rings. The zero-order chi connectivity index (χ0) is 18.2. The summed E-state index contributed by atoms with van der Waals surface area (Å²) in [7, 11) is 0. The van der Waals surface area contributed by atoms with E-state index < -0.39 is 0 Å². The van der Waals surface area contributed by atoms with Crippen molar-refractivity contribution in [3.05, 3.63) is 59.9 Å². The molecule has 2 aromatic carbocycles. The van der Waals surface area contributed by atoms with Gasteiger partial charge >= 0.3 is 0 Å². The number of hydrogen-bond acceptors (Lipinski definition) is 3. The Morgan fingerprint density at radius 2 is 1.68 bits per heavy atom. The first-order chi connectivity index (χ1) is 12.0. The average molecular weight is 343 g/mol. The molecule has 0 aromatic heterocycles. The smallest absolute Gasteiger partial charge is 0.238 e. The number of carbonyl (C=O) groups is 2. The lowest BCUT2D eigenvalue weighted by Gasteiger charge is -2.20. The number of rotatable bonds is 7. The molecule has 2 rings (SSSR count). The number of nitrogens with zero attached hydrogens (tertiary/aromatic N) is 1. The van der Waals surface area contributed by atoms with Crippen LogP contribution in [0.15, 0.2) is 48.5 Å². The van der Waals surface area contributed by atoms with Crippen LogP contribution in [0.1, 0.15) is 19.4 Å². The maximum absolute atomic E-state index is 13.3. The minimum Gasteiger partial charge on any atom is -0.326 e. The largest absolute Gasteiger partial charge is 0.326 e. The lowest BCUT2D eigenvalue weighted by Crippen LogP contribution is -2.32. The molecule has 25 heavy (non-hydrogen) atoms. The Hall–Kier alpha value is -2.73. The molecular formula is C19H22FN3O2. The minimum absolute atomic E-state index is 0.146. The first kappa shape index (κ1) is 18.6.